The van der Waals surface area contributed by atoms with Crippen molar-refractivity contribution in [1.29, 1.82) is 0 Å². The molecule has 0 unspecified atom stereocenters. The average Bonchev–Trinajstić information content (AvgIpc) is 2.51. The van der Waals surface area contributed by atoms with E-state index < -0.39 is 0 Å². The monoisotopic (exact) mass is 288 g/mol. The number of anilines is 2. The summed E-state index contributed by atoms with van der Waals surface area (Å²) >= 11 is 0. The van der Waals surface area contributed by atoms with Crippen LogP contribution in [0.1, 0.15) is 22.3 Å². The van der Waals surface area contributed by atoms with Gasteiger partial charge in [-0.25, -0.2) is 0 Å². The molecule has 4 N–H and O–H groups in total. The molecule has 4 aromatic carbocycles. The molecule has 2 heteroatoms. The summed E-state index contributed by atoms with van der Waals surface area (Å²) in [5.74, 6) is 0. The summed E-state index contributed by atoms with van der Waals surface area (Å²) in [5.41, 5.74) is 19.1. The Labute approximate surface area is 130 Å². The fourth-order valence-corrected chi connectivity index (χ4v) is 4.00. The predicted octanol–water partition coefficient (Wildman–Crippen LogP) is 4.98. The van der Waals surface area contributed by atoms with Gasteiger partial charge < -0.3 is 11.5 Å². The summed E-state index contributed by atoms with van der Waals surface area (Å²) in [6, 6.07) is 8.68. The molecule has 0 atom stereocenters. The lowest BCUT2D eigenvalue weighted by Crippen LogP contribution is -2.03. The van der Waals surface area contributed by atoms with Crippen LogP contribution >= 0.6 is 0 Å². The van der Waals surface area contributed by atoms with Gasteiger partial charge in [0.1, 0.15) is 0 Å². The Morgan fingerprint density at radius 3 is 1.95 bits per heavy atom. The molecule has 0 bridgehead atoms. The van der Waals surface area contributed by atoms with Crippen molar-refractivity contribution >= 4 is 43.7 Å². The first-order valence-corrected chi connectivity index (χ1v) is 7.65. The SMILES string of the molecule is Cc1ccc2ccc3c(N)c(N)c(C)c4c(C)c(C)c1c2c34. The summed E-state index contributed by atoms with van der Waals surface area (Å²) < 4.78 is 0. The number of aryl methyl sites for hydroxylation is 4. The summed E-state index contributed by atoms with van der Waals surface area (Å²) in [7, 11) is 0. The quantitative estimate of drug-likeness (QED) is 0.354. The Bertz CT molecular complexity index is 1070. The molecule has 0 heterocycles. The highest BCUT2D eigenvalue weighted by atomic mass is 14.7. The van der Waals surface area contributed by atoms with Crippen LogP contribution in [0.15, 0.2) is 24.3 Å². The Morgan fingerprint density at radius 2 is 1.23 bits per heavy atom. The predicted molar refractivity (Wildman–Crippen MR) is 97.9 cm³/mol. The van der Waals surface area contributed by atoms with Gasteiger partial charge in [0.25, 0.3) is 0 Å². The Morgan fingerprint density at radius 1 is 0.591 bits per heavy atom. The van der Waals surface area contributed by atoms with E-state index in [0.717, 1.165) is 10.9 Å². The smallest absolute Gasteiger partial charge is 0.0630 e. The maximum Gasteiger partial charge on any atom is 0.0630 e. The highest BCUT2D eigenvalue weighted by Gasteiger charge is 2.19. The third-order valence-corrected chi connectivity index (χ3v) is 5.32. The highest BCUT2D eigenvalue weighted by Crippen LogP contribution is 2.45. The van der Waals surface area contributed by atoms with Gasteiger partial charge in [-0.2, -0.15) is 0 Å². The van der Waals surface area contributed by atoms with Gasteiger partial charge in [0.15, 0.2) is 0 Å². The van der Waals surface area contributed by atoms with Crippen molar-refractivity contribution in [2.24, 2.45) is 0 Å². The van der Waals surface area contributed by atoms with Crippen molar-refractivity contribution in [2.75, 3.05) is 11.5 Å². The van der Waals surface area contributed by atoms with Crippen LogP contribution in [0.5, 0.6) is 0 Å². The van der Waals surface area contributed by atoms with Crippen molar-refractivity contribution in [1.82, 2.24) is 0 Å². The zero-order chi connectivity index (χ0) is 15.8. The third-order valence-electron chi connectivity index (χ3n) is 5.32. The Kier molecular flexibility index (Phi) is 2.42. The zero-order valence-electron chi connectivity index (χ0n) is 13.5. The average molecular weight is 288 g/mol. The van der Waals surface area contributed by atoms with Crippen LogP contribution in [0.3, 0.4) is 0 Å². The minimum atomic E-state index is 0.706. The molecule has 2 nitrogen and oxygen atoms in total. The van der Waals surface area contributed by atoms with Gasteiger partial charge in [0, 0.05) is 10.8 Å². The van der Waals surface area contributed by atoms with Crippen LogP contribution in [0.2, 0.25) is 0 Å². The number of rotatable bonds is 0. The summed E-state index contributed by atoms with van der Waals surface area (Å²) in [5, 5.41) is 7.56. The van der Waals surface area contributed by atoms with E-state index in [1.54, 1.807) is 0 Å². The Balaban J connectivity index is 2.54. The van der Waals surface area contributed by atoms with Gasteiger partial charge in [0.2, 0.25) is 0 Å². The number of nitrogen functional groups attached to an aromatic ring is 2. The van der Waals surface area contributed by atoms with Crippen LogP contribution in [-0.4, -0.2) is 0 Å². The van der Waals surface area contributed by atoms with Gasteiger partial charge in [-0.15, -0.1) is 0 Å². The normalized spacial score (nSPS) is 12.0. The van der Waals surface area contributed by atoms with Gasteiger partial charge in [-0.1, -0.05) is 24.3 Å². The molecule has 4 aromatic rings. The molecule has 4 rings (SSSR count). The topological polar surface area (TPSA) is 52.0 Å². The first kappa shape index (κ1) is 13.2. The van der Waals surface area contributed by atoms with Crippen LogP contribution in [0, 0.1) is 27.7 Å². The molecular formula is C20H20N2. The van der Waals surface area contributed by atoms with Crippen molar-refractivity contribution < 1.29 is 0 Å². The fourth-order valence-electron chi connectivity index (χ4n) is 4.00. The first-order valence-electron chi connectivity index (χ1n) is 7.65. The van der Waals surface area contributed by atoms with Crippen LogP contribution < -0.4 is 11.5 Å². The molecule has 0 aliphatic rings. The van der Waals surface area contributed by atoms with E-state index in [-0.39, 0.29) is 0 Å². The first-order chi connectivity index (χ1) is 10.4. The number of benzene rings is 4. The molecule has 0 aliphatic carbocycles. The third kappa shape index (κ3) is 1.35. The molecule has 0 radical (unpaired) electrons. The van der Waals surface area contributed by atoms with Crippen LogP contribution in [-0.2, 0) is 0 Å². The molecule has 0 saturated heterocycles. The van der Waals surface area contributed by atoms with Crippen LogP contribution in [0.4, 0.5) is 11.4 Å². The van der Waals surface area contributed by atoms with Crippen molar-refractivity contribution in [3.05, 3.63) is 46.5 Å². The van der Waals surface area contributed by atoms with E-state index in [1.807, 2.05) is 0 Å². The largest absolute Gasteiger partial charge is 0.397 e. The molecule has 110 valence electrons. The van der Waals surface area contributed by atoms with Crippen LogP contribution in [0.25, 0.3) is 32.3 Å². The second kappa shape index (κ2) is 4.04. The fraction of sp³-hybridized carbons (Fsp3) is 0.200. The molecular weight excluding hydrogens is 268 g/mol. The Hall–Kier alpha value is -2.48. The summed E-state index contributed by atoms with van der Waals surface area (Å²) in [4.78, 5) is 0. The van der Waals surface area contributed by atoms with E-state index in [2.05, 4.69) is 52.0 Å². The van der Waals surface area contributed by atoms with E-state index in [0.29, 0.717) is 11.4 Å². The van der Waals surface area contributed by atoms with Crippen molar-refractivity contribution in [3.63, 3.8) is 0 Å². The molecule has 0 aliphatic heterocycles. The maximum atomic E-state index is 6.33. The standard InChI is InChI=1S/C20H20N2/c1-9-5-6-13-7-8-14-18-16(12(4)19(21)20(14)22)11(3)10(2)15(9)17(13)18/h5-8H,21-22H2,1-4H3. The van der Waals surface area contributed by atoms with Gasteiger partial charge >= 0.3 is 0 Å². The minimum absolute atomic E-state index is 0.706. The lowest BCUT2D eigenvalue weighted by Gasteiger charge is -2.21. The summed E-state index contributed by atoms with van der Waals surface area (Å²) in [6.45, 7) is 8.67. The second-order valence-corrected chi connectivity index (χ2v) is 6.42. The lowest BCUT2D eigenvalue weighted by molar-refractivity contribution is 1.38. The number of nitrogens with two attached hydrogens (primary N) is 2. The van der Waals surface area contributed by atoms with E-state index in [9.17, 15) is 0 Å². The maximum absolute atomic E-state index is 6.33. The van der Waals surface area contributed by atoms with Gasteiger partial charge in [0.05, 0.1) is 11.4 Å². The highest BCUT2D eigenvalue weighted by molar-refractivity contribution is 6.29. The lowest BCUT2D eigenvalue weighted by atomic mass is 9.84. The summed E-state index contributed by atoms with van der Waals surface area (Å²) in [6.07, 6.45) is 0. The second-order valence-electron chi connectivity index (χ2n) is 6.42. The van der Waals surface area contributed by atoms with E-state index in [4.69, 9.17) is 11.5 Å². The molecule has 0 amide bonds. The molecule has 0 aromatic heterocycles. The van der Waals surface area contributed by atoms with E-state index in [1.165, 1.54) is 43.6 Å². The van der Waals surface area contributed by atoms with Crippen molar-refractivity contribution in [2.45, 2.75) is 27.7 Å². The number of hydrogen-bond donors (Lipinski definition) is 2. The van der Waals surface area contributed by atoms with E-state index >= 15 is 0 Å². The molecule has 0 saturated carbocycles. The minimum Gasteiger partial charge on any atom is -0.397 e. The zero-order valence-corrected chi connectivity index (χ0v) is 13.5. The van der Waals surface area contributed by atoms with Crippen molar-refractivity contribution in [3.8, 4) is 0 Å². The molecule has 0 spiro atoms. The molecule has 0 fully saturated rings. The number of hydrogen-bond acceptors (Lipinski definition) is 2. The van der Waals surface area contributed by atoms with Gasteiger partial charge in [-0.05, 0) is 71.5 Å². The molecule has 22 heavy (non-hydrogen) atoms. The van der Waals surface area contributed by atoms with Gasteiger partial charge in [-0.3, -0.25) is 0 Å².